The largest absolute Gasteiger partial charge is 0.495 e. The van der Waals surface area contributed by atoms with Crippen molar-refractivity contribution in [3.05, 3.63) is 18.3 Å². The Kier molecular flexibility index (Phi) is 4.38. The first-order valence-electron chi connectivity index (χ1n) is 6.28. The molecule has 5 nitrogen and oxygen atoms in total. The third-order valence-corrected chi connectivity index (χ3v) is 3.52. The molecule has 1 aromatic heterocycles. The van der Waals surface area contributed by atoms with Gasteiger partial charge in [0.1, 0.15) is 11.6 Å². The van der Waals surface area contributed by atoms with Crippen LogP contribution in [-0.2, 0) is 4.74 Å². The molecule has 2 N–H and O–H groups in total. The summed E-state index contributed by atoms with van der Waals surface area (Å²) in [6, 6.07) is 4.21. The summed E-state index contributed by atoms with van der Waals surface area (Å²) in [7, 11) is 3.41. The summed E-state index contributed by atoms with van der Waals surface area (Å²) in [5, 5.41) is 0. The van der Waals surface area contributed by atoms with Crippen LogP contribution in [0.3, 0.4) is 0 Å². The average molecular weight is 251 g/mol. The molecule has 0 saturated carbocycles. The summed E-state index contributed by atoms with van der Waals surface area (Å²) in [5.41, 5.74) is 5.85. The lowest BCUT2D eigenvalue weighted by Crippen LogP contribution is -2.49. The van der Waals surface area contributed by atoms with Gasteiger partial charge in [0.25, 0.3) is 0 Å². The van der Waals surface area contributed by atoms with Crippen molar-refractivity contribution < 1.29 is 9.47 Å². The minimum absolute atomic E-state index is 0.296. The Balaban J connectivity index is 2.10. The van der Waals surface area contributed by atoms with Gasteiger partial charge in [-0.25, -0.2) is 4.98 Å². The van der Waals surface area contributed by atoms with E-state index in [0.29, 0.717) is 18.7 Å². The van der Waals surface area contributed by atoms with Crippen LogP contribution in [0.15, 0.2) is 18.3 Å². The van der Waals surface area contributed by atoms with E-state index in [0.717, 1.165) is 31.0 Å². The molecule has 0 radical (unpaired) electrons. The van der Waals surface area contributed by atoms with Crippen molar-refractivity contribution in [3.8, 4) is 5.75 Å². The lowest BCUT2D eigenvalue weighted by atomic mass is 9.99. The first-order valence-corrected chi connectivity index (χ1v) is 6.28. The molecule has 18 heavy (non-hydrogen) atoms. The van der Waals surface area contributed by atoms with Crippen LogP contribution in [0, 0.1) is 0 Å². The van der Waals surface area contributed by atoms with Crippen molar-refractivity contribution in [1.82, 2.24) is 4.98 Å². The maximum absolute atomic E-state index is 5.85. The maximum Gasteiger partial charge on any atom is 0.137 e. The summed E-state index contributed by atoms with van der Waals surface area (Å²) >= 11 is 0. The minimum atomic E-state index is 0.296. The number of aromatic nitrogens is 1. The van der Waals surface area contributed by atoms with Crippen LogP contribution in [0.1, 0.15) is 12.8 Å². The number of hydrogen-bond donors (Lipinski definition) is 1. The predicted octanol–water partition coefficient (Wildman–Crippen LogP) is 1.03. The third-order valence-electron chi connectivity index (χ3n) is 3.52. The lowest BCUT2D eigenvalue weighted by molar-refractivity contribution is 0.0708. The highest BCUT2D eigenvalue weighted by Gasteiger charge is 2.28. The summed E-state index contributed by atoms with van der Waals surface area (Å²) in [6.45, 7) is 1.55. The van der Waals surface area contributed by atoms with Crippen LogP contribution in [0.5, 0.6) is 5.75 Å². The number of anilines is 1. The molecule has 1 saturated heterocycles. The molecule has 2 rings (SSSR count). The summed E-state index contributed by atoms with van der Waals surface area (Å²) in [4.78, 5) is 6.69. The normalized spacial score (nSPS) is 24.1. The zero-order chi connectivity index (χ0) is 13.0. The first-order chi connectivity index (χ1) is 8.78. The van der Waals surface area contributed by atoms with Gasteiger partial charge < -0.3 is 20.1 Å². The second kappa shape index (κ2) is 6.02. The first kappa shape index (κ1) is 13.1. The molecular weight excluding hydrogens is 230 g/mol. The quantitative estimate of drug-likeness (QED) is 0.866. The van der Waals surface area contributed by atoms with Gasteiger partial charge in [0.05, 0.1) is 19.4 Å². The Bertz CT molecular complexity index is 369. The van der Waals surface area contributed by atoms with Gasteiger partial charge in [-0.2, -0.15) is 0 Å². The summed E-state index contributed by atoms with van der Waals surface area (Å²) < 4.78 is 10.5. The zero-order valence-electron chi connectivity index (χ0n) is 11.0. The fraction of sp³-hybridized carbons (Fsp3) is 0.615. The minimum Gasteiger partial charge on any atom is -0.495 e. The van der Waals surface area contributed by atoms with Gasteiger partial charge in [-0.1, -0.05) is 0 Å². The number of piperidine rings is 1. The Morgan fingerprint density at radius 3 is 2.83 bits per heavy atom. The lowest BCUT2D eigenvalue weighted by Gasteiger charge is -2.39. The fourth-order valence-electron chi connectivity index (χ4n) is 2.42. The molecule has 0 bridgehead atoms. The monoisotopic (exact) mass is 251 g/mol. The number of pyridine rings is 1. The van der Waals surface area contributed by atoms with E-state index in [2.05, 4.69) is 9.88 Å². The molecule has 1 aliphatic rings. The Morgan fingerprint density at radius 2 is 2.28 bits per heavy atom. The molecule has 1 aliphatic heterocycles. The van der Waals surface area contributed by atoms with Crippen LogP contribution in [0.25, 0.3) is 0 Å². The second-order valence-electron chi connectivity index (χ2n) is 4.52. The summed E-state index contributed by atoms with van der Waals surface area (Å²) in [6.07, 6.45) is 4.03. The van der Waals surface area contributed by atoms with Crippen molar-refractivity contribution in [2.75, 3.05) is 32.2 Å². The fourth-order valence-corrected chi connectivity index (χ4v) is 2.42. The van der Waals surface area contributed by atoms with Crippen LogP contribution < -0.4 is 15.4 Å². The molecule has 100 valence electrons. The van der Waals surface area contributed by atoms with Gasteiger partial charge in [-0.3, -0.25) is 0 Å². The molecule has 0 aliphatic carbocycles. The number of methoxy groups -OCH3 is 2. The van der Waals surface area contributed by atoms with E-state index in [1.807, 2.05) is 12.1 Å². The van der Waals surface area contributed by atoms with Crippen LogP contribution in [0.4, 0.5) is 5.82 Å². The van der Waals surface area contributed by atoms with E-state index in [4.69, 9.17) is 15.2 Å². The number of nitrogens with zero attached hydrogens (tertiary/aromatic N) is 2. The molecule has 0 spiro atoms. The van der Waals surface area contributed by atoms with Crippen LogP contribution >= 0.6 is 0 Å². The van der Waals surface area contributed by atoms with Gasteiger partial charge in [0, 0.05) is 26.2 Å². The zero-order valence-corrected chi connectivity index (χ0v) is 11.0. The highest BCUT2D eigenvalue weighted by Crippen LogP contribution is 2.25. The molecule has 0 amide bonds. The smallest absolute Gasteiger partial charge is 0.137 e. The van der Waals surface area contributed by atoms with E-state index in [1.165, 1.54) is 0 Å². The van der Waals surface area contributed by atoms with Crippen molar-refractivity contribution in [3.63, 3.8) is 0 Å². The van der Waals surface area contributed by atoms with Crippen molar-refractivity contribution in [2.24, 2.45) is 5.73 Å². The average Bonchev–Trinajstić information content (AvgIpc) is 2.46. The van der Waals surface area contributed by atoms with Crippen LogP contribution in [0.2, 0.25) is 0 Å². The van der Waals surface area contributed by atoms with E-state index < -0.39 is 0 Å². The Labute approximate surface area is 108 Å². The van der Waals surface area contributed by atoms with E-state index in [1.54, 1.807) is 20.4 Å². The number of ether oxygens (including phenoxy) is 2. The molecule has 1 fully saturated rings. The number of hydrogen-bond acceptors (Lipinski definition) is 5. The molecule has 2 heterocycles. The van der Waals surface area contributed by atoms with Gasteiger partial charge >= 0.3 is 0 Å². The van der Waals surface area contributed by atoms with Crippen molar-refractivity contribution in [1.29, 1.82) is 0 Å². The third kappa shape index (κ3) is 2.73. The molecule has 2 unspecified atom stereocenters. The summed E-state index contributed by atoms with van der Waals surface area (Å²) in [5.74, 6) is 1.73. The highest BCUT2D eigenvalue weighted by molar-refractivity contribution is 5.42. The molecule has 1 aromatic rings. The van der Waals surface area contributed by atoms with Gasteiger partial charge in [-0.15, -0.1) is 0 Å². The topological polar surface area (TPSA) is 60.6 Å². The van der Waals surface area contributed by atoms with Gasteiger partial charge in [-0.05, 0) is 25.0 Å². The Hall–Kier alpha value is -1.33. The van der Waals surface area contributed by atoms with Crippen molar-refractivity contribution in [2.45, 2.75) is 25.0 Å². The second-order valence-corrected chi connectivity index (χ2v) is 4.52. The molecule has 2 atom stereocenters. The number of nitrogens with two attached hydrogens (primary N) is 1. The molecule has 0 aromatic carbocycles. The van der Waals surface area contributed by atoms with Crippen molar-refractivity contribution >= 4 is 5.82 Å². The molecule has 5 heteroatoms. The maximum atomic E-state index is 5.85. The predicted molar refractivity (Wildman–Crippen MR) is 71.0 cm³/mol. The standard InChI is InChI=1S/C13H21N3O2/c1-17-11-5-6-16(10(7-11)8-14)13-4-3-12(18-2)9-15-13/h3-4,9-11H,5-8,14H2,1-2H3. The number of rotatable bonds is 4. The molecular formula is C13H21N3O2. The Morgan fingerprint density at radius 1 is 1.44 bits per heavy atom. The SMILES string of the molecule is COc1ccc(N2CCC(OC)CC2CN)nc1. The van der Waals surface area contributed by atoms with Crippen LogP contribution in [-0.4, -0.2) is 44.4 Å². The van der Waals surface area contributed by atoms with E-state index >= 15 is 0 Å². The van der Waals surface area contributed by atoms with Gasteiger partial charge in [0.2, 0.25) is 0 Å². The van der Waals surface area contributed by atoms with E-state index in [-0.39, 0.29) is 0 Å². The van der Waals surface area contributed by atoms with E-state index in [9.17, 15) is 0 Å². The highest BCUT2D eigenvalue weighted by atomic mass is 16.5. The van der Waals surface area contributed by atoms with Gasteiger partial charge in [0.15, 0.2) is 0 Å².